The van der Waals surface area contributed by atoms with E-state index in [1.165, 1.54) is 17.8 Å². The summed E-state index contributed by atoms with van der Waals surface area (Å²) < 4.78 is 1.98. The van der Waals surface area contributed by atoms with Gasteiger partial charge in [-0.3, -0.25) is 4.79 Å². The maximum atomic E-state index is 11.0. The first kappa shape index (κ1) is 15.1. The lowest BCUT2D eigenvalue weighted by atomic mass is 10.6. The minimum Gasteiger partial charge on any atom is -0.282 e. The number of thioether (sulfide) groups is 3. The Bertz CT molecular complexity index is 378. The van der Waals surface area contributed by atoms with Crippen LogP contribution in [-0.2, 0) is 4.79 Å². The molecular formula is C10H14N2OS4. The summed E-state index contributed by atoms with van der Waals surface area (Å²) in [5.41, 5.74) is 0. The van der Waals surface area contributed by atoms with Crippen LogP contribution in [-0.4, -0.2) is 32.1 Å². The molecule has 0 amide bonds. The molecule has 0 bridgehead atoms. The number of hydrogen-bond donors (Lipinski definition) is 0. The third-order valence-electron chi connectivity index (χ3n) is 1.44. The Labute approximate surface area is 118 Å². The first-order valence-electron chi connectivity index (χ1n) is 5.04. The van der Waals surface area contributed by atoms with Crippen LogP contribution in [0.15, 0.2) is 21.3 Å². The smallest absolute Gasteiger partial charge is 0.211 e. The molecule has 0 spiro atoms. The third-order valence-corrected chi connectivity index (χ3v) is 5.71. The number of carbonyl (C=O) groups excluding carboxylic acids is 1. The van der Waals surface area contributed by atoms with Gasteiger partial charge in [-0.15, -0.1) is 10.2 Å². The normalized spacial score (nSPS) is 10.8. The van der Waals surface area contributed by atoms with Crippen molar-refractivity contribution in [2.75, 3.05) is 11.5 Å². The molecule has 0 atom stereocenters. The van der Waals surface area contributed by atoms with Crippen LogP contribution < -0.4 is 0 Å². The second-order valence-corrected chi connectivity index (χ2v) is 8.46. The van der Waals surface area contributed by atoms with Crippen LogP contribution in [0.4, 0.5) is 0 Å². The highest BCUT2D eigenvalue weighted by Gasteiger charge is 2.07. The molecule has 1 heterocycles. The summed E-state index contributed by atoms with van der Waals surface area (Å²) in [6.07, 6.45) is 1.34. The second kappa shape index (κ2) is 8.18. The molecular weight excluding hydrogens is 292 g/mol. The Balaban J connectivity index is 2.25. The summed E-state index contributed by atoms with van der Waals surface area (Å²) >= 11 is 6.27. The third kappa shape index (κ3) is 6.49. The fourth-order valence-electron chi connectivity index (χ4n) is 0.835. The monoisotopic (exact) mass is 306 g/mol. The summed E-state index contributed by atoms with van der Waals surface area (Å²) in [4.78, 5) is 11.0. The predicted molar refractivity (Wildman–Crippen MR) is 79.3 cm³/mol. The summed E-state index contributed by atoms with van der Waals surface area (Å²) in [7, 11) is 0. The molecule has 1 rings (SSSR count). The van der Waals surface area contributed by atoms with Gasteiger partial charge in [0.05, 0.1) is 0 Å². The van der Waals surface area contributed by atoms with Crippen molar-refractivity contribution in [2.45, 2.75) is 27.8 Å². The van der Waals surface area contributed by atoms with Gasteiger partial charge in [0.25, 0.3) is 0 Å². The molecule has 0 aromatic carbocycles. The van der Waals surface area contributed by atoms with E-state index in [0.29, 0.717) is 5.25 Å². The van der Waals surface area contributed by atoms with Crippen molar-refractivity contribution < 1.29 is 4.79 Å². The lowest BCUT2D eigenvalue weighted by Gasteiger charge is -1.97. The van der Waals surface area contributed by atoms with Gasteiger partial charge in [-0.1, -0.05) is 67.0 Å². The molecule has 0 unspecified atom stereocenters. The van der Waals surface area contributed by atoms with Crippen LogP contribution in [0.2, 0.25) is 0 Å². The summed E-state index contributed by atoms with van der Waals surface area (Å²) in [6, 6.07) is 0. The predicted octanol–water partition coefficient (Wildman–Crippen LogP) is 3.58. The van der Waals surface area contributed by atoms with Gasteiger partial charge in [0, 0.05) is 16.8 Å². The van der Waals surface area contributed by atoms with Gasteiger partial charge in [0.15, 0.2) is 8.68 Å². The lowest BCUT2D eigenvalue weighted by molar-refractivity contribution is -0.107. The van der Waals surface area contributed by atoms with Crippen molar-refractivity contribution in [3.05, 3.63) is 12.7 Å². The van der Waals surface area contributed by atoms with Crippen LogP contribution in [0.25, 0.3) is 0 Å². The molecule has 7 heteroatoms. The van der Waals surface area contributed by atoms with Crippen LogP contribution in [0.5, 0.6) is 0 Å². The van der Waals surface area contributed by atoms with Crippen LogP contribution in [0, 0.1) is 0 Å². The molecule has 3 nitrogen and oxygen atoms in total. The molecule has 0 saturated heterocycles. The molecule has 1 aromatic rings. The van der Waals surface area contributed by atoms with E-state index in [1.54, 1.807) is 34.9 Å². The SMILES string of the molecule is C=CC(=O)SCCSc1nnc(SC(C)C)s1. The van der Waals surface area contributed by atoms with Gasteiger partial charge >= 0.3 is 0 Å². The molecule has 0 radical (unpaired) electrons. The Morgan fingerprint density at radius 3 is 2.76 bits per heavy atom. The van der Waals surface area contributed by atoms with Crippen molar-refractivity contribution in [2.24, 2.45) is 0 Å². The highest BCUT2D eigenvalue weighted by molar-refractivity contribution is 8.14. The topological polar surface area (TPSA) is 42.9 Å². The molecule has 0 aliphatic heterocycles. The average Bonchev–Trinajstić information content (AvgIpc) is 2.70. The van der Waals surface area contributed by atoms with Crippen molar-refractivity contribution >= 4 is 51.7 Å². The molecule has 17 heavy (non-hydrogen) atoms. The largest absolute Gasteiger partial charge is 0.282 e. The van der Waals surface area contributed by atoms with Gasteiger partial charge in [-0.2, -0.15) is 0 Å². The molecule has 1 aromatic heterocycles. The highest BCUT2D eigenvalue weighted by atomic mass is 32.2. The Morgan fingerprint density at radius 2 is 2.12 bits per heavy atom. The van der Waals surface area contributed by atoms with E-state index in [2.05, 4.69) is 30.6 Å². The van der Waals surface area contributed by atoms with Gasteiger partial charge in [-0.25, -0.2) is 0 Å². The zero-order valence-electron chi connectivity index (χ0n) is 9.71. The first-order chi connectivity index (χ1) is 8.11. The van der Waals surface area contributed by atoms with Crippen molar-refractivity contribution in [1.29, 1.82) is 0 Å². The summed E-state index contributed by atoms with van der Waals surface area (Å²) in [5, 5.41) is 8.77. The number of hydrogen-bond acceptors (Lipinski definition) is 7. The Hall–Kier alpha value is 0.0200. The first-order valence-corrected chi connectivity index (χ1v) is 8.70. The van der Waals surface area contributed by atoms with Gasteiger partial charge < -0.3 is 0 Å². The van der Waals surface area contributed by atoms with Crippen molar-refractivity contribution in [1.82, 2.24) is 10.2 Å². The van der Waals surface area contributed by atoms with E-state index in [9.17, 15) is 4.79 Å². The lowest BCUT2D eigenvalue weighted by Crippen LogP contribution is -1.89. The number of nitrogens with zero attached hydrogens (tertiary/aromatic N) is 2. The zero-order valence-corrected chi connectivity index (χ0v) is 13.0. The van der Waals surface area contributed by atoms with E-state index in [1.807, 2.05) is 0 Å². The molecule has 94 valence electrons. The van der Waals surface area contributed by atoms with Crippen LogP contribution in [0.1, 0.15) is 13.8 Å². The quantitative estimate of drug-likeness (QED) is 0.436. The molecule has 0 saturated carbocycles. The molecule has 0 aliphatic carbocycles. The Morgan fingerprint density at radius 1 is 1.41 bits per heavy atom. The summed E-state index contributed by atoms with van der Waals surface area (Å²) in [6.45, 7) is 7.70. The standard InChI is InChI=1S/C10H14N2OS4/c1-4-8(13)14-5-6-15-9-11-12-10(17-9)16-7(2)3/h4,7H,1,5-6H2,2-3H3. The zero-order chi connectivity index (χ0) is 12.7. The fraction of sp³-hybridized carbons (Fsp3) is 0.500. The Kier molecular flexibility index (Phi) is 7.26. The molecule has 0 N–H and O–H groups in total. The molecule has 0 fully saturated rings. The van der Waals surface area contributed by atoms with Crippen LogP contribution in [0.3, 0.4) is 0 Å². The van der Waals surface area contributed by atoms with Crippen molar-refractivity contribution in [3.8, 4) is 0 Å². The van der Waals surface area contributed by atoms with E-state index in [-0.39, 0.29) is 5.12 Å². The van der Waals surface area contributed by atoms with E-state index in [4.69, 9.17) is 0 Å². The number of aromatic nitrogens is 2. The minimum absolute atomic E-state index is 0.0268. The fourth-order valence-corrected chi connectivity index (χ4v) is 4.79. The maximum Gasteiger partial charge on any atom is 0.211 e. The number of carbonyl (C=O) groups is 1. The average molecular weight is 307 g/mol. The molecule has 0 aliphatic rings. The van der Waals surface area contributed by atoms with Crippen LogP contribution >= 0.6 is 46.6 Å². The summed E-state index contributed by atoms with van der Waals surface area (Å²) in [5.74, 6) is 1.65. The van der Waals surface area contributed by atoms with Gasteiger partial charge in [-0.05, 0) is 6.08 Å². The minimum atomic E-state index is 0.0268. The maximum absolute atomic E-state index is 11.0. The van der Waals surface area contributed by atoms with Crippen molar-refractivity contribution in [3.63, 3.8) is 0 Å². The number of rotatable bonds is 7. The highest BCUT2D eigenvalue weighted by Crippen LogP contribution is 2.31. The van der Waals surface area contributed by atoms with Gasteiger partial charge in [0.1, 0.15) is 0 Å². The van der Waals surface area contributed by atoms with E-state index >= 15 is 0 Å². The van der Waals surface area contributed by atoms with Gasteiger partial charge in [0.2, 0.25) is 5.12 Å². The second-order valence-electron chi connectivity index (χ2n) is 3.22. The van der Waals surface area contributed by atoms with E-state index in [0.717, 1.165) is 20.2 Å². The van der Waals surface area contributed by atoms with E-state index < -0.39 is 0 Å².